The third kappa shape index (κ3) is 4.93. The molecule has 0 saturated heterocycles. The zero-order chi connectivity index (χ0) is 11.1. The molecule has 0 aromatic carbocycles. The van der Waals surface area contributed by atoms with Gasteiger partial charge in [-0.2, -0.15) is 0 Å². The first kappa shape index (κ1) is 12.2. The number of aryl methyl sites for hydroxylation is 1. The van der Waals surface area contributed by atoms with Gasteiger partial charge in [-0.1, -0.05) is 20.3 Å². The molecule has 84 valence electrons. The summed E-state index contributed by atoms with van der Waals surface area (Å²) in [4.78, 5) is 3.97. The summed E-state index contributed by atoms with van der Waals surface area (Å²) in [5.41, 5.74) is 1.26. The van der Waals surface area contributed by atoms with Crippen LogP contribution >= 0.6 is 0 Å². The quantitative estimate of drug-likeness (QED) is 0.778. The molecule has 1 N–H and O–H groups in total. The molecular weight excluding hydrogens is 186 g/mol. The Bertz CT molecular complexity index is 260. The second kappa shape index (κ2) is 6.57. The van der Waals surface area contributed by atoms with Crippen LogP contribution in [0.15, 0.2) is 24.5 Å². The molecule has 1 aromatic heterocycles. The Kier molecular flexibility index (Phi) is 5.33. The van der Waals surface area contributed by atoms with Gasteiger partial charge in [-0.05, 0) is 42.9 Å². The summed E-state index contributed by atoms with van der Waals surface area (Å²) in [5, 5.41) is 9.80. The molecule has 0 aliphatic heterocycles. The van der Waals surface area contributed by atoms with Crippen molar-refractivity contribution in [3.63, 3.8) is 0 Å². The maximum Gasteiger partial charge on any atom is 0.0546 e. The predicted molar refractivity (Wildman–Crippen MR) is 62.6 cm³/mol. The maximum absolute atomic E-state index is 9.80. The van der Waals surface area contributed by atoms with E-state index >= 15 is 0 Å². The SMILES string of the molecule is CCC(C)CC(O)CCc1ccncc1. The van der Waals surface area contributed by atoms with E-state index in [-0.39, 0.29) is 6.10 Å². The zero-order valence-electron chi connectivity index (χ0n) is 9.69. The fraction of sp³-hybridized carbons (Fsp3) is 0.615. The van der Waals surface area contributed by atoms with Crippen LogP contribution in [-0.4, -0.2) is 16.2 Å². The minimum atomic E-state index is -0.159. The number of aliphatic hydroxyl groups is 1. The predicted octanol–water partition coefficient (Wildman–Crippen LogP) is 2.81. The summed E-state index contributed by atoms with van der Waals surface area (Å²) in [6.07, 6.45) is 7.31. The normalized spacial score (nSPS) is 14.9. The molecular formula is C13H21NO. The molecule has 0 saturated carbocycles. The second-order valence-corrected chi connectivity index (χ2v) is 4.30. The monoisotopic (exact) mass is 207 g/mol. The lowest BCUT2D eigenvalue weighted by molar-refractivity contribution is 0.135. The molecule has 0 aliphatic rings. The lowest BCUT2D eigenvalue weighted by Crippen LogP contribution is -2.12. The summed E-state index contributed by atoms with van der Waals surface area (Å²) >= 11 is 0. The first-order chi connectivity index (χ1) is 7.22. The molecule has 2 heteroatoms. The van der Waals surface area contributed by atoms with Crippen LogP contribution in [0.5, 0.6) is 0 Å². The number of rotatable bonds is 6. The Morgan fingerprint density at radius 1 is 1.33 bits per heavy atom. The van der Waals surface area contributed by atoms with Crippen molar-refractivity contribution in [2.24, 2.45) is 5.92 Å². The van der Waals surface area contributed by atoms with Crippen molar-refractivity contribution in [2.75, 3.05) is 0 Å². The van der Waals surface area contributed by atoms with Crippen molar-refractivity contribution in [3.05, 3.63) is 30.1 Å². The van der Waals surface area contributed by atoms with Crippen molar-refractivity contribution in [1.82, 2.24) is 4.98 Å². The molecule has 0 spiro atoms. The highest BCUT2D eigenvalue weighted by molar-refractivity contribution is 5.09. The second-order valence-electron chi connectivity index (χ2n) is 4.30. The van der Waals surface area contributed by atoms with E-state index in [1.807, 2.05) is 12.1 Å². The van der Waals surface area contributed by atoms with Crippen molar-refractivity contribution in [3.8, 4) is 0 Å². The van der Waals surface area contributed by atoms with Gasteiger partial charge >= 0.3 is 0 Å². The summed E-state index contributed by atoms with van der Waals surface area (Å²) in [6.45, 7) is 4.36. The van der Waals surface area contributed by atoms with Gasteiger partial charge in [-0.3, -0.25) is 4.98 Å². The van der Waals surface area contributed by atoms with Crippen molar-refractivity contribution in [1.29, 1.82) is 0 Å². The third-order valence-electron chi connectivity index (χ3n) is 2.89. The molecule has 15 heavy (non-hydrogen) atoms. The van der Waals surface area contributed by atoms with E-state index in [1.54, 1.807) is 12.4 Å². The molecule has 1 rings (SSSR count). The van der Waals surface area contributed by atoms with Crippen LogP contribution in [0.4, 0.5) is 0 Å². The molecule has 0 radical (unpaired) electrons. The number of hydrogen-bond acceptors (Lipinski definition) is 2. The van der Waals surface area contributed by atoms with Crippen LogP contribution in [0.3, 0.4) is 0 Å². The van der Waals surface area contributed by atoms with Crippen LogP contribution in [0.1, 0.15) is 38.7 Å². The van der Waals surface area contributed by atoms with Crippen LogP contribution in [-0.2, 0) is 6.42 Å². The number of hydrogen-bond donors (Lipinski definition) is 1. The van der Waals surface area contributed by atoms with E-state index in [1.165, 1.54) is 5.56 Å². The Morgan fingerprint density at radius 2 is 2.00 bits per heavy atom. The lowest BCUT2D eigenvalue weighted by atomic mass is 9.97. The molecule has 0 fully saturated rings. The smallest absolute Gasteiger partial charge is 0.0546 e. The Hall–Kier alpha value is -0.890. The fourth-order valence-corrected chi connectivity index (χ4v) is 1.63. The first-order valence-electron chi connectivity index (χ1n) is 5.79. The number of nitrogens with zero attached hydrogens (tertiary/aromatic N) is 1. The van der Waals surface area contributed by atoms with Crippen LogP contribution < -0.4 is 0 Å². The van der Waals surface area contributed by atoms with E-state index in [0.29, 0.717) is 5.92 Å². The Balaban J connectivity index is 2.25. The van der Waals surface area contributed by atoms with Gasteiger partial charge in [0.25, 0.3) is 0 Å². The topological polar surface area (TPSA) is 33.1 Å². The largest absolute Gasteiger partial charge is 0.393 e. The van der Waals surface area contributed by atoms with Gasteiger partial charge in [-0.25, -0.2) is 0 Å². The van der Waals surface area contributed by atoms with Gasteiger partial charge in [0.15, 0.2) is 0 Å². The summed E-state index contributed by atoms with van der Waals surface area (Å²) in [5.74, 6) is 0.623. The van der Waals surface area contributed by atoms with Gasteiger partial charge in [0, 0.05) is 12.4 Å². The minimum Gasteiger partial charge on any atom is -0.393 e. The number of aliphatic hydroxyl groups excluding tert-OH is 1. The van der Waals surface area contributed by atoms with Gasteiger partial charge in [0.1, 0.15) is 0 Å². The summed E-state index contributed by atoms with van der Waals surface area (Å²) < 4.78 is 0. The summed E-state index contributed by atoms with van der Waals surface area (Å²) in [7, 11) is 0. The van der Waals surface area contributed by atoms with Gasteiger partial charge in [0.2, 0.25) is 0 Å². The molecule has 0 amide bonds. The average molecular weight is 207 g/mol. The minimum absolute atomic E-state index is 0.159. The number of pyridine rings is 1. The zero-order valence-corrected chi connectivity index (χ0v) is 9.69. The van der Waals surface area contributed by atoms with Crippen LogP contribution in [0.2, 0.25) is 0 Å². The molecule has 2 nitrogen and oxygen atoms in total. The van der Waals surface area contributed by atoms with Crippen LogP contribution in [0, 0.1) is 5.92 Å². The molecule has 0 bridgehead atoms. The van der Waals surface area contributed by atoms with Gasteiger partial charge in [0.05, 0.1) is 6.10 Å². The van der Waals surface area contributed by atoms with Gasteiger partial charge < -0.3 is 5.11 Å². The third-order valence-corrected chi connectivity index (χ3v) is 2.89. The molecule has 2 atom stereocenters. The van der Waals surface area contributed by atoms with E-state index in [4.69, 9.17) is 0 Å². The Morgan fingerprint density at radius 3 is 2.60 bits per heavy atom. The molecule has 1 aromatic rings. The number of aromatic nitrogens is 1. The highest BCUT2D eigenvalue weighted by atomic mass is 16.3. The highest BCUT2D eigenvalue weighted by Crippen LogP contribution is 2.13. The first-order valence-corrected chi connectivity index (χ1v) is 5.79. The van der Waals surface area contributed by atoms with Crippen molar-refractivity contribution < 1.29 is 5.11 Å². The van der Waals surface area contributed by atoms with E-state index in [9.17, 15) is 5.11 Å². The highest BCUT2D eigenvalue weighted by Gasteiger charge is 2.08. The fourth-order valence-electron chi connectivity index (χ4n) is 1.63. The van der Waals surface area contributed by atoms with E-state index < -0.39 is 0 Å². The standard InChI is InChI=1S/C13H21NO/c1-3-11(2)10-13(15)5-4-12-6-8-14-9-7-12/h6-9,11,13,15H,3-5,10H2,1-2H3. The molecule has 0 aliphatic carbocycles. The average Bonchev–Trinajstić information content (AvgIpc) is 2.27. The molecule has 2 unspecified atom stereocenters. The van der Waals surface area contributed by atoms with Crippen molar-refractivity contribution in [2.45, 2.75) is 45.6 Å². The maximum atomic E-state index is 9.80. The van der Waals surface area contributed by atoms with Crippen molar-refractivity contribution >= 4 is 0 Å². The lowest BCUT2D eigenvalue weighted by Gasteiger charge is -2.14. The molecule has 1 heterocycles. The summed E-state index contributed by atoms with van der Waals surface area (Å²) in [6, 6.07) is 4.02. The van der Waals surface area contributed by atoms with E-state index in [2.05, 4.69) is 18.8 Å². The van der Waals surface area contributed by atoms with Crippen LogP contribution in [0.25, 0.3) is 0 Å². The van der Waals surface area contributed by atoms with Gasteiger partial charge in [-0.15, -0.1) is 0 Å². The van der Waals surface area contributed by atoms with E-state index in [0.717, 1.165) is 25.7 Å². The Labute approximate surface area is 92.4 Å².